The van der Waals surface area contributed by atoms with Crippen molar-refractivity contribution in [3.8, 4) is 5.75 Å². The van der Waals surface area contributed by atoms with Gasteiger partial charge in [-0.1, -0.05) is 6.07 Å². The van der Waals surface area contributed by atoms with Crippen LogP contribution in [0.4, 0.5) is 0 Å². The lowest BCUT2D eigenvalue weighted by atomic mass is 10.1. The van der Waals surface area contributed by atoms with Gasteiger partial charge in [0, 0.05) is 13.4 Å². The molecule has 0 radical (unpaired) electrons. The van der Waals surface area contributed by atoms with Gasteiger partial charge in [-0.25, -0.2) is 8.42 Å². The number of methoxy groups -OCH3 is 1. The van der Waals surface area contributed by atoms with Gasteiger partial charge in [0.2, 0.25) is 0 Å². The van der Waals surface area contributed by atoms with Crippen molar-refractivity contribution in [3.63, 3.8) is 0 Å². The lowest BCUT2D eigenvalue weighted by Gasteiger charge is -2.18. The maximum Gasteiger partial charge on any atom is 0.151 e. The maximum absolute atomic E-state index is 11.5. The first-order valence-corrected chi connectivity index (χ1v) is 9.20. The van der Waals surface area contributed by atoms with Crippen LogP contribution in [-0.4, -0.2) is 40.2 Å². The Morgan fingerprint density at radius 2 is 2.00 bits per heavy atom. The summed E-state index contributed by atoms with van der Waals surface area (Å²) in [5.41, 5.74) is 0.732. The summed E-state index contributed by atoms with van der Waals surface area (Å²) in [6.07, 6.45) is 1.18. The van der Waals surface area contributed by atoms with Crippen LogP contribution in [0.5, 0.6) is 5.75 Å². The van der Waals surface area contributed by atoms with E-state index in [0.29, 0.717) is 19.0 Å². The molecule has 0 fully saturated rings. The van der Waals surface area contributed by atoms with Crippen LogP contribution in [0.2, 0.25) is 0 Å². The Bertz CT molecular complexity index is 547. The van der Waals surface area contributed by atoms with Crippen LogP contribution < -0.4 is 4.74 Å². The minimum atomic E-state index is -3.19. The summed E-state index contributed by atoms with van der Waals surface area (Å²) in [7, 11) is -1.58. The van der Waals surface area contributed by atoms with E-state index in [1.54, 1.807) is 32.2 Å². The monoisotopic (exact) mass is 384 g/mol. The van der Waals surface area contributed by atoms with Crippen molar-refractivity contribution in [2.24, 2.45) is 0 Å². The zero-order valence-corrected chi connectivity index (χ0v) is 14.8. The summed E-state index contributed by atoms with van der Waals surface area (Å²) in [6, 6.07) is 5.31. The minimum absolute atomic E-state index is 0.443. The third-order valence-corrected chi connectivity index (χ3v) is 5.93. The molecule has 4 nitrogen and oxygen atoms in total. The van der Waals surface area contributed by atoms with E-state index in [-0.39, 0.29) is 0 Å². The van der Waals surface area contributed by atoms with Crippen molar-refractivity contribution >= 4 is 37.4 Å². The molecule has 0 spiro atoms. The highest BCUT2D eigenvalue weighted by Crippen LogP contribution is 2.34. The lowest BCUT2D eigenvalue weighted by Crippen LogP contribution is -2.21. The van der Waals surface area contributed by atoms with E-state index >= 15 is 0 Å². The number of sulfone groups is 1. The second kappa shape index (κ2) is 7.64. The minimum Gasteiger partial charge on any atom is -0.490 e. The van der Waals surface area contributed by atoms with E-state index in [1.807, 2.05) is 0 Å². The van der Waals surface area contributed by atoms with E-state index in [4.69, 9.17) is 21.1 Å². The number of halogens is 2. The van der Waals surface area contributed by atoms with Crippen molar-refractivity contribution in [3.05, 3.63) is 28.2 Å². The zero-order chi connectivity index (χ0) is 15.3. The lowest BCUT2D eigenvalue weighted by molar-refractivity contribution is 0.146. The van der Waals surface area contributed by atoms with Crippen molar-refractivity contribution in [2.45, 2.75) is 17.6 Å². The van der Waals surface area contributed by atoms with Crippen LogP contribution in [-0.2, 0) is 14.6 Å². The van der Waals surface area contributed by atoms with Crippen LogP contribution in [0.15, 0.2) is 22.7 Å². The van der Waals surface area contributed by atoms with Crippen LogP contribution in [0.1, 0.15) is 17.9 Å². The van der Waals surface area contributed by atoms with Crippen molar-refractivity contribution in [1.29, 1.82) is 0 Å². The largest absolute Gasteiger partial charge is 0.490 e. The van der Waals surface area contributed by atoms with Crippen molar-refractivity contribution < 1.29 is 17.9 Å². The van der Waals surface area contributed by atoms with E-state index in [0.717, 1.165) is 10.0 Å². The van der Waals surface area contributed by atoms with Gasteiger partial charge in [-0.15, -0.1) is 11.6 Å². The molecule has 0 saturated carbocycles. The molecule has 0 aromatic heterocycles. The molecule has 2 atom stereocenters. The summed E-state index contributed by atoms with van der Waals surface area (Å²) in [5, 5.41) is -1.26. The van der Waals surface area contributed by atoms with Gasteiger partial charge in [0.15, 0.2) is 9.84 Å². The summed E-state index contributed by atoms with van der Waals surface area (Å²) in [6.45, 7) is 2.54. The molecule has 0 N–H and O–H groups in total. The molecular weight excluding hydrogens is 368 g/mol. The van der Waals surface area contributed by atoms with Crippen LogP contribution in [0.3, 0.4) is 0 Å². The van der Waals surface area contributed by atoms with Gasteiger partial charge in [-0.05, 0) is 40.5 Å². The highest BCUT2D eigenvalue weighted by atomic mass is 79.9. The van der Waals surface area contributed by atoms with Gasteiger partial charge in [0.1, 0.15) is 12.4 Å². The van der Waals surface area contributed by atoms with Crippen LogP contribution >= 0.6 is 27.5 Å². The van der Waals surface area contributed by atoms with Gasteiger partial charge in [-0.2, -0.15) is 0 Å². The molecule has 20 heavy (non-hydrogen) atoms. The molecule has 0 aliphatic carbocycles. The second-order valence-electron chi connectivity index (χ2n) is 4.47. The Morgan fingerprint density at radius 3 is 2.50 bits per heavy atom. The Kier molecular flexibility index (Phi) is 6.78. The highest BCUT2D eigenvalue weighted by Gasteiger charge is 2.26. The maximum atomic E-state index is 11.5. The molecule has 0 bridgehead atoms. The predicted molar refractivity (Wildman–Crippen MR) is 84.4 cm³/mol. The van der Waals surface area contributed by atoms with Crippen molar-refractivity contribution in [2.75, 3.05) is 26.6 Å². The van der Waals surface area contributed by atoms with E-state index in [1.165, 1.54) is 6.26 Å². The third-order valence-electron chi connectivity index (χ3n) is 2.91. The smallest absolute Gasteiger partial charge is 0.151 e. The molecule has 1 rings (SSSR count). The fourth-order valence-corrected chi connectivity index (χ4v) is 3.33. The number of benzene rings is 1. The first-order valence-electron chi connectivity index (χ1n) is 6.01. The molecule has 0 heterocycles. The molecule has 7 heteroatoms. The van der Waals surface area contributed by atoms with Crippen LogP contribution in [0, 0.1) is 0 Å². The molecule has 0 aliphatic heterocycles. The Morgan fingerprint density at radius 1 is 1.35 bits per heavy atom. The summed E-state index contributed by atoms with van der Waals surface area (Å²) in [4.78, 5) is 0. The SMILES string of the molecule is COCCOc1ccc(C(Cl)C(C)S(C)(=O)=O)cc1Br. The summed E-state index contributed by atoms with van der Waals surface area (Å²) in [5.74, 6) is 0.668. The average molecular weight is 386 g/mol. The third kappa shape index (κ3) is 4.91. The summed E-state index contributed by atoms with van der Waals surface area (Å²) >= 11 is 9.62. The molecule has 0 aliphatic rings. The van der Waals surface area contributed by atoms with E-state index < -0.39 is 20.5 Å². The molecule has 114 valence electrons. The first-order chi connectivity index (χ1) is 9.27. The van der Waals surface area contributed by atoms with Crippen LogP contribution in [0.25, 0.3) is 0 Å². The molecule has 0 saturated heterocycles. The number of alkyl halides is 1. The number of hydrogen-bond donors (Lipinski definition) is 0. The average Bonchev–Trinajstić information content (AvgIpc) is 2.38. The quantitative estimate of drug-likeness (QED) is 0.534. The second-order valence-corrected chi connectivity index (χ2v) is 8.19. The number of ether oxygens (including phenoxy) is 2. The summed E-state index contributed by atoms with van der Waals surface area (Å²) < 4.78 is 34.2. The van der Waals surface area contributed by atoms with E-state index in [2.05, 4.69) is 15.9 Å². The fraction of sp³-hybridized carbons (Fsp3) is 0.538. The van der Waals surface area contributed by atoms with Gasteiger partial charge in [-0.3, -0.25) is 0 Å². The fourth-order valence-electron chi connectivity index (χ4n) is 1.53. The first kappa shape index (κ1) is 17.8. The Labute approximate surface area is 133 Å². The normalized spacial score (nSPS) is 14.8. The molecule has 1 aromatic rings. The highest BCUT2D eigenvalue weighted by molar-refractivity contribution is 9.10. The number of hydrogen-bond acceptors (Lipinski definition) is 4. The predicted octanol–water partition coefficient (Wildman–Crippen LogP) is 3.19. The van der Waals surface area contributed by atoms with Gasteiger partial charge >= 0.3 is 0 Å². The number of rotatable bonds is 7. The van der Waals surface area contributed by atoms with Gasteiger partial charge in [0.25, 0.3) is 0 Å². The Hall–Kier alpha value is -0.300. The molecule has 0 amide bonds. The molecule has 2 unspecified atom stereocenters. The van der Waals surface area contributed by atoms with Crippen molar-refractivity contribution in [1.82, 2.24) is 0 Å². The molecular formula is C13H18BrClO4S. The van der Waals surface area contributed by atoms with Gasteiger partial charge < -0.3 is 9.47 Å². The zero-order valence-electron chi connectivity index (χ0n) is 11.6. The Balaban J connectivity index is 2.86. The standard InChI is InChI=1S/C13H18BrClO4S/c1-9(20(3,16)17)13(15)10-4-5-12(11(14)8-10)19-7-6-18-2/h4-5,8-9,13H,6-7H2,1-3H3. The van der Waals surface area contributed by atoms with Gasteiger partial charge in [0.05, 0.1) is 21.7 Å². The molecule has 1 aromatic carbocycles. The topological polar surface area (TPSA) is 52.6 Å². The van der Waals surface area contributed by atoms with E-state index in [9.17, 15) is 8.42 Å².